The maximum absolute atomic E-state index is 12.4. The first-order valence-electron chi connectivity index (χ1n) is 6.76. The number of nitrogen functional groups attached to an aromatic ring is 1. The van der Waals surface area contributed by atoms with Crippen molar-refractivity contribution in [1.29, 1.82) is 0 Å². The van der Waals surface area contributed by atoms with Crippen LogP contribution < -0.4 is 11.1 Å². The quantitative estimate of drug-likeness (QED) is 0.787. The second kappa shape index (κ2) is 5.21. The van der Waals surface area contributed by atoms with Crippen molar-refractivity contribution in [2.75, 3.05) is 26.4 Å². The second-order valence-electron chi connectivity index (χ2n) is 5.73. The van der Waals surface area contributed by atoms with E-state index in [1.165, 1.54) is 0 Å². The fraction of sp³-hybridized carbons (Fsp3) is 0.533. The molecule has 2 rings (SSSR count). The first-order chi connectivity index (χ1) is 8.95. The molecule has 1 aliphatic rings. The van der Waals surface area contributed by atoms with Gasteiger partial charge < -0.3 is 16.0 Å². The molecule has 1 unspecified atom stereocenters. The topological polar surface area (TPSA) is 58.4 Å². The third kappa shape index (κ3) is 2.89. The molecule has 1 aliphatic carbocycles. The SMILES string of the molecule is CC(CNC(=O)C1(c2ccc(N)cc2)CC1)N(C)C. The van der Waals surface area contributed by atoms with Crippen LogP contribution in [0.25, 0.3) is 0 Å². The van der Waals surface area contributed by atoms with E-state index in [0.29, 0.717) is 12.6 Å². The molecule has 4 nitrogen and oxygen atoms in total. The van der Waals surface area contributed by atoms with Crippen LogP contribution in [0.5, 0.6) is 0 Å². The molecular weight excluding hydrogens is 238 g/mol. The van der Waals surface area contributed by atoms with E-state index >= 15 is 0 Å². The molecule has 0 radical (unpaired) electrons. The Morgan fingerprint density at radius 3 is 2.42 bits per heavy atom. The summed E-state index contributed by atoms with van der Waals surface area (Å²) in [6.07, 6.45) is 1.86. The summed E-state index contributed by atoms with van der Waals surface area (Å²) < 4.78 is 0. The smallest absolute Gasteiger partial charge is 0.230 e. The highest BCUT2D eigenvalue weighted by Gasteiger charge is 2.51. The molecule has 0 heterocycles. The van der Waals surface area contributed by atoms with Gasteiger partial charge >= 0.3 is 0 Å². The zero-order valence-corrected chi connectivity index (χ0v) is 11.9. The number of nitrogens with two attached hydrogens (primary N) is 1. The first-order valence-corrected chi connectivity index (χ1v) is 6.76. The highest BCUT2D eigenvalue weighted by atomic mass is 16.2. The van der Waals surface area contributed by atoms with E-state index in [9.17, 15) is 4.79 Å². The third-order valence-corrected chi connectivity index (χ3v) is 4.09. The highest BCUT2D eigenvalue weighted by Crippen LogP contribution is 2.48. The van der Waals surface area contributed by atoms with Crippen molar-refractivity contribution >= 4 is 11.6 Å². The lowest BCUT2D eigenvalue weighted by atomic mass is 9.94. The minimum absolute atomic E-state index is 0.144. The van der Waals surface area contributed by atoms with Crippen molar-refractivity contribution in [1.82, 2.24) is 10.2 Å². The molecule has 19 heavy (non-hydrogen) atoms. The Hall–Kier alpha value is -1.55. The van der Waals surface area contributed by atoms with E-state index in [4.69, 9.17) is 5.73 Å². The second-order valence-corrected chi connectivity index (χ2v) is 5.73. The number of hydrogen-bond donors (Lipinski definition) is 2. The van der Waals surface area contributed by atoms with Gasteiger partial charge in [-0.05, 0) is 51.6 Å². The van der Waals surface area contributed by atoms with Gasteiger partial charge in [0, 0.05) is 18.3 Å². The molecule has 1 atom stereocenters. The van der Waals surface area contributed by atoms with Gasteiger partial charge in [-0.1, -0.05) is 12.1 Å². The van der Waals surface area contributed by atoms with Crippen LogP contribution in [0.1, 0.15) is 25.3 Å². The zero-order valence-electron chi connectivity index (χ0n) is 11.9. The molecule has 0 spiro atoms. The van der Waals surface area contributed by atoms with Crippen LogP contribution in [0.3, 0.4) is 0 Å². The number of nitrogens with one attached hydrogen (secondary N) is 1. The Labute approximate surface area is 115 Å². The molecule has 3 N–H and O–H groups in total. The van der Waals surface area contributed by atoms with Crippen molar-refractivity contribution in [2.45, 2.75) is 31.2 Å². The summed E-state index contributed by atoms with van der Waals surface area (Å²) in [5, 5.41) is 3.07. The fourth-order valence-electron chi connectivity index (χ4n) is 2.17. The molecule has 0 aliphatic heterocycles. The predicted octanol–water partition coefficient (Wildman–Crippen LogP) is 1.37. The zero-order chi connectivity index (χ0) is 14.0. The van der Waals surface area contributed by atoms with Gasteiger partial charge in [-0.25, -0.2) is 0 Å². The molecule has 0 aromatic heterocycles. The first kappa shape index (κ1) is 13.9. The Bertz CT molecular complexity index is 449. The van der Waals surface area contributed by atoms with Crippen LogP contribution >= 0.6 is 0 Å². The van der Waals surface area contributed by atoms with E-state index < -0.39 is 0 Å². The van der Waals surface area contributed by atoms with Gasteiger partial charge in [-0.3, -0.25) is 4.79 Å². The van der Waals surface area contributed by atoms with E-state index in [2.05, 4.69) is 17.1 Å². The molecule has 1 fully saturated rings. The number of hydrogen-bond acceptors (Lipinski definition) is 3. The number of nitrogens with zero attached hydrogens (tertiary/aromatic N) is 1. The minimum Gasteiger partial charge on any atom is -0.399 e. The number of carbonyl (C=O) groups is 1. The lowest BCUT2D eigenvalue weighted by Crippen LogP contribution is -2.42. The van der Waals surface area contributed by atoms with Crippen LogP contribution in [-0.4, -0.2) is 37.5 Å². The summed E-state index contributed by atoms with van der Waals surface area (Å²) in [6, 6.07) is 8.01. The Morgan fingerprint density at radius 2 is 1.95 bits per heavy atom. The van der Waals surface area contributed by atoms with Crippen LogP contribution in [0.15, 0.2) is 24.3 Å². The molecular formula is C15H23N3O. The van der Waals surface area contributed by atoms with Gasteiger partial charge in [-0.15, -0.1) is 0 Å². The summed E-state index contributed by atoms with van der Waals surface area (Å²) in [5.41, 5.74) is 7.20. The van der Waals surface area contributed by atoms with Crippen molar-refractivity contribution in [3.05, 3.63) is 29.8 Å². The standard InChI is InChI=1S/C15H23N3O/c1-11(18(2)3)10-17-14(19)15(8-9-15)12-4-6-13(16)7-5-12/h4-7,11H,8-10,16H2,1-3H3,(H,17,19). The summed E-state index contributed by atoms with van der Waals surface area (Å²) in [6.45, 7) is 2.78. The van der Waals surface area contributed by atoms with Crippen molar-refractivity contribution in [3.8, 4) is 0 Å². The molecule has 104 valence electrons. The van der Waals surface area contributed by atoms with Crippen molar-refractivity contribution in [2.24, 2.45) is 0 Å². The molecule has 1 aromatic carbocycles. The Balaban J connectivity index is 2.00. The lowest BCUT2D eigenvalue weighted by molar-refractivity contribution is -0.123. The summed E-state index contributed by atoms with van der Waals surface area (Å²) in [7, 11) is 4.04. The van der Waals surface area contributed by atoms with Crippen LogP contribution in [0.2, 0.25) is 0 Å². The monoisotopic (exact) mass is 261 g/mol. The van der Waals surface area contributed by atoms with Crippen LogP contribution in [0.4, 0.5) is 5.69 Å². The number of benzene rings is 1. The molecule has 0 saturated heterocycles. The molecule has 1 aromatic rings. The van der Waals surface area contributed by atoms with Gasteiger partial charge in [0.1, 0.15) is 0 Å². The van der Waals surface area contributed by atoms with Crippen molar-refractivity contribution < 1.29 is 4.79 Å². The number of amides is 1. The minimum atomic E-state index is -0.306. The lowest BCUT2D eigenvalue weighted by Gasteiger charge is -2.22. The maximum atomic E-state index is 12.4. The predicted molar refractivity (Wildman–Crippen MR) is 77.9 cm³/mol. The average molecular weight is 261 g/mol. The Kier molecular flexibility index (Phi) is 3.80. The molecule has 1 amide bonds. The van der Waals surface area contributed by atoms with Crippen LogP contribution in [-0.2, 0) is 10.2 Å². The number of likely N-dealkylation sites (N-methyl/N-ethyl adjacent to an activating group) is 1. The molecule has 1 saturated carbocycles. The average Bonchev–Trinajstić information content (AvgIpc) is 3.17. The van der Waals surface area contributed by atoms with Gasteiger partial charge in [0.05, 0.1) is 5.41 Å². The van der Waals surface area contributed by atoms with E-state index in [-0.39, 0.29) is 11.3 Å². The third-order valence-electron chi connectivity index (χ3n) is 4.09. The Morgan fingerprint density at radius 1 is 1.37 bits per heavy atom. The van der Waals surface area contributed by atoms with Crippen molar-refractivity contribution in [3.63, 3.8) is 0 Å². The van der Waals surface area contributed by atoms with Crippen LogP contribution in [0, 0.1) is 0 Å². The fourth-order valence-corrected chi connectivity index (χ4v) is 2.17. The van der Waals surface area contributed by atoms with E-state index in [1.807, 2.05) is 38.4 Å². The molecule has 0 bridgehead atoms. The van der Waals surface area contributed by atoms with Gasteiger partial charge in [0.25, 0.3) is 0 Å². The summed E-state index contributed by atoms with van der Waals surface area (Å²) in [4.78, 5) is 14.5. The molecule has 4 heteroatoms. The van der Waals surface area contributed by atoms with Gasteiger partial charge in [-0.2, -0.15) is 0 Å². The normalized spacial score (nSPS) is 18.1. The number of carbonyl (C=O) groups excluding carboxylic acids is 1. The summed E-state index contributed by atoms with van der Waals surface area (Å²) >= 11 is 0. The van der Waals surface area contributed by atoms with Gasteiger partial charge in [0.15, 0.2) is 0 Å². The number of anilines is 1. The van der Waals surface area contributed by atoms with E-state index in [1.54, 1.807) is 0 Å². The largest absolute Gasteiger partial charge is 0.399 e. The highest BCUT2D eigenvalue weighted by molar-refractivity contribution is 5.91. The maximum Gasteiger partial charge on any atom is 0.230 e. The van der Waals surface area contributed by atoms with Gasteiger partial charge in [0.2, 0.25) is 5.91 Å². The van der Waals surface area contributed by atoms with E-state index in [0.717, 1.165) is 24.1 Å². The number of rotatable bonds is 5. The summed E-state index contributed by atoms with van der Waals surface area (Å²) in [5.74, 6) is 0.144.